The van der Waals surface area contributed by atoms with Crippen molar-refractivity contribution in [1.82, 2.24) is 4.90 Å². The van der Waals surface area contributed by atoms with Crippen LogP contribution in [0.1, 0.15) is 68.1 Å². The first-order valence-electron chi connectivity index (χ1n) is 15.1. The first-order valence-corrected chi connectivity index (χ1v) is 15.4. The molecule has 7 heteroatoms. The maximum Gasteiger partial charge on any atom is 0.161 e. The highest BCUT2D eigenvalue weighted by Crippen LogP contribution is 2.50. The van der Waals surface area contributed by atoms with Crippen LogP contribution < -0.4 is 14.2 Å². The summed E-state index contributed by atoms with van der Waals surface area (Å²) >= 11 is 6.55. The molecule has 3 aromatic rings. The maximum atomic E-state index is 13.5. The van der Waals surface area contributed by atoms with Gasteiger partial charge in [-0.15, -0.1) is 0 Å². The van der Waals surface area contributed by atoms with Crippen LogP contribution in [0.3, 0.4) is 0 Å². The molecule has 0 saturated carbocycles. The van der Waals surface area contributed by atoms with Crippen molar-refractivity contribution in [2.45, 2.75) is 64.6 Å². The minimum atomic E-state index is -0.483. The summed E-state index contributed by atoms with van der Waals surface area (Å²) in [5, 5.41) is 0.538. The molecule has 222 valence electrons. The minimum Gasteiger partial charge on any atom is -0.490 e. The van der Waals surface area contributed by atoms with Crippen LogP contribution in [0, 0.1) is 0 Å². The van der Waals surface area contributed by atoms with Gasteiger partial charge >= 0.3 is 0 Å². The first kappa shape index (κ1) is 29.1. The SMILES string of the molecule is CCOc1cc(COc2ccc(Cl)cc2C2C3=C(CCCC3=O)N(C)C3=C2C(=O)CCC3)ccc1OCc1ccccc1. The number of nitrogens with zero attached hydrogens (tertiary/aromatic N) is 1. The molecule has 6 nitrogen and oxygen atoms in total. The van der Waals surface area contributed by atoms with Crippen molar-refractivity contribution >= 4 is 23.2 Å². The molecule has 1 aliphatic heterocycles. The molecule has 0 aromatic heterocycles. The zero-order chi connectivity index (χ0) is 29.9. The molecule has 0 spiro atoms. The molecule has 1 heterocycles. The Morgan fingerprint density at radius 2 is 1.35 bits per heavy atom. The number of hydrogen-bond donors (Lipinski definition) is 0. The Hall–Kier alpha value is -4.03. The van der Waals surface area contributed by atoms with Crippen LogP contribution in [0.5, 0.6) is 17.2 Å². The number of Topliss-reactive ketones (excluding diaryl/α,β-unsaturated/α-hetero) is 2. The van der Waals surface area contributed by atoms with Crippen molar-refractivity contribution in [3.8, 4) is 17.2 Å². The molecule has 0 unspecified atom stereocenters. The fourth-order valence-corrected chi connectivity index (χ4v) is 6.65. The van der Waals surface area contributed by atoms with Gasteiger partial charge < -0.3 is 19.1 Å². The minimum absolute atomic E-state index is 0.0985. The number of carbonyl (C=O) groups is 2. The van der Waals surface area contributed by atoms with Gasteiger partial charge in [-0.25, -0.2) is 0 Å². The molecule has 3 aromatic carbocycles. The van der Waals surface area contributed by atoms with Gasteiger partial charge in [0.05, 0.1) is 6.61 Å². The van der Waals surface area contributed by atoms with Crippen LogP contribution >= 0.6 is 11.6 Å². The van der Waals surface area contributed by atoms with Crippen molar-refractivity contribution in [1.29, 1.82) is 0 Å². The van der Waals surface area contributed by atoms with Crippen LogP contribution in [0.25, 0.3) is 0 Å². The van der Waals surface area contributed by atoms with Crippen LogP contribution in [-0.2, 0) is 22.8 Å². The molecular formula is C36H36ClNO5. The molecule has 0 fully saturated rings. The molecule has 0 atom stereocenters. The van der Waals surface area contributed by atoms with E-state index >= 15 is 0 Å². The second-order valence-corrected chi connectivity index (χ2v) is 11.7. The van der Waals surface area contributed by atoms with Crippen molar-refractivity contribution in [2.75, 3.05) is 13.7 Å². The number of hydrogen-bond acceptors (Lipinski definition) is 6. The normalized spacial score (nSPS) is 17.1. The van der Waals surface area contributed by atoms with E-state index in [-0.39, 0.29) is 18.2 Å². The largest absolute Gasteiger partial charge is 0.490 e. The summed E-state index contributed by atoms with van der Waals surface area (Å²) in [6.45, 7) is 3.14. The Balaban J connectivity index is 1.31. The first-order chi connectivity index (χ1) is 20.9. The second-order valence-electron chi connectivity index (χ2n) is 11.2. The second kappa shape index (κ2) is 12.7. The van der Waals surface area contributed by atoms with Crippen LogP contribution in [0.15, 0.2) is 89.3 Å². The van der Waals surface area contributed by atoms with Crippen molar-refractivity contribution in [3.63, 3.8) is 0 Å². The lowest BCUT2D eigenvalue weighted by Gasteiger charge is -2.42. The maximum absolute atomic E-state index is 13.5. The molecule has 43 heavy (non-hydrogen) atoms. The molecule has 0 amide bonds. The van der Waals surface area contributed by atoms with E-state index in [0.29, 0.717) is 59.5 Å². The number of halogens is 1. The summed E-state index contributed by atoms with van der Waals surface area (Å²) in [5.41, 5.74) is 6.22. The lowest BCUT2D eigenvalue weighted by Crippen LogP contribution is -2.37. The zero-order valence-corrected chi connectivity index (χ0v) is 25.4. The van der Waals surface area contributed by atoms with Gasteiger partial charge in [0.2, 0.25) is 0 Å². The number of carbonyl (C=O) groups excluding carboxylic acids is 2. The number of ether oxygens (including phenoxy) is 3. The van der Waals surface area contributed by atoms with Crippen LogP contribution in [0.4, 0.5) is 0 Å². The third-order valence-corrected chi connectivity index (χ3v) is 8.70. The predicted molar refractivity (Wildman–Crippen MR) is 166 cm³/mol. The third-order valence-electron chi connectivity index (χ3n) is 8.47. The number of allylic oxidation sites excluding steroid dienone is 4. The van der Waals surface area contributed by atoms with Gasteiger partial charge in [-0.2, -0.15) is 0 Å². The van der Waals surface area contributed by atoms with E-state index in [0.717, 1.165) is 53.8 Å². The highest BCUT2D eigenvalue weighted by atomic mass is 35.5. The average molecular weight is 598 g/mol. The molecule has 0 radical (unpaired) electrons. The lowest BCUT2D eigenvalue weighted by atomic mass is 9.71. The van der Waals surface area contributed by atoms with Crippen molar-refractivity contribution < 1.29 is 23.8 Å². The summed E-state index contributed by atoms with van der Waals surface area (Å²) in [7, 11) is 2.00. The Morgan fingerprint density at radius 3 is 2.02 bits per heavy atom. The lowest BCUT2D eigenvalue weighted by molar-refractivity contribution is -0.117. The van der Waals surface area contributed by atoms with E-state index in [1.54, 1.807) is 6.07 Å². The van der Waals surface area contributed by atoms with Gasteiger partial charge in [0.1, 0.15) is 19.0 Å². The third kappa shape index (κ3) is 5.94. The van der Waals surface area contributed by atoms with Gasteiger partial charge in [-0.3, -0.25) is 9.59 Å². The number of rotatable bonds is 9. The summed E-state index contributed by atoms with van der Waals surface area (Å²) in [5.74, 6) is 1.64. The van der Waals surface area contributed by atoms with Crippen LogP contribution in [0.2, 0.25) is 5.02 Å². The highest BCUT2D eigenvalue weighted by molar-refractivity contribution is 6.30. The van der Waals surface area contributed by atoms with Crippen LogP contribution in [-0.4, -0.2) is 30.1 Å². The van der Waals surface area contributed by atoms with Gasteiger partial charge in [0, 0.05) is 58.9 Å². The number of ketones is 2. The molecule has 0 N–H and O–H groups in total. The molecule has 0 bridgehead atoms. The molecule has 0 saturated heterocycles. The fraction of sp³-hybridized carbons (Fsp3) is 0.333. The van der Waals surface area contributed by atoms with Gasteiger partial charge in [0.15, 0.2) is 23.1 Å². The molecule has 2 aliphatic carbocycles. The Bertz CT molecular complexity index is 1570. The van der Waals surface area contributed by atoms with E-state index in [1.807, 2.05) is 74.6 Å². The molecular weight excluding hydrogens is 562 g/mol. The van der Waals surface area contributed by atoms with Gasteiger partial charge in [-0.1, -0.05) is 48.0 Å². The predicted octanol–water partition coefficient (Wildman–Crippen LogP) is 7.94. The topological polar surface area (TPSA) is 65.1 Å². The average Bonchev–Trinajstić information content (AvgIpc) is 3.02. The smallest absolute Gasteiger partial charge is 0.161 e. The zero-order valence-electron chi connectivity index (χ0n) is 24.7. The van der Waals surface area contributed by atoms with E-state index in [9.17, 15) is 9.59 Å². The number of benzene rings is 3. The van der Waals surface area contributed by atoms with Gasteiger partial charge in [0.25, 0.3) is 0 Å². The summed E-state index contributed by atoms with van der Waals surface area (Å²) < 4.78 is 18.4. The summed E-state index contributed by atoms with van der Waals surface area (Å²) in [4.78, 5) is 29.1. The van der Waals surface area contributed by atoms with Gasteiger partial charge in [-0.05, 0) is 74.1 Å². The van der Waals surface area contributed by atoms with E-state index in [1.165, 1.54) is 0 Å². The Morgan fingerprint density at radius 1 is 0.721 bits per heavy atom. The summed E-state index contributed by atoms with van der Waals surface area (Å²) in [6, 6.07) is 21.3. The quantitative estimate of drug-likeness (QED) is 0.249. The van der Waals surface area contributed by atoms with Crippen molar-refractivity contribution in [3.05, 3.63) is 111 Å². The Labute approximate surface area is 257 Å². The Kier molecular flexibility index (Phi) is 8.57. The summed E-state index contributed by atoms with van der Waals surface area (Å²) in [6.07, 6.45) is 4.23. The highest BCUT2D eigenvalue weighted by Gasteiger charge is 2.43. The van der Waals surface area contributed by atoms with E-state index in [4.69, 9.17) is 25.8 Å². The van der Waals surface area contributed by atoms with Crippen molar-refractivity contribution in [2.24, 2.45) is 0 Å². The molecule has 6 rings (SSSR count). The van der Waals surface area contributed by atoms with E-state index in [2.05, 4.69) is 4.90 Å². The van der Waals surface area contributed by atoms with E-state index < -0.39 is 5.92 Å². The standard InChI is InChI=1S/C36H36ClNO5/c1-3-41-33-19-24(15-17-32(33)43-21-23-9-5-4-6-10-23)22-42-31-18-16-25(37)20-26(31)34-35-27(11-7-13-29(35)39)38(2)28-12-8-14-30(40)36(28)34/h4-6,9-10,15-20,34H,3,7-8,11-14,21-22H2,1-2H3. The fourth-order valence-electron chi connectivity index (χ4n) is 6.47. The monoisotopic (exact) mass is 597 g/mol. The molecule has 3 aliphatic rings.